The molecule has 1 N–H and O–H groups in total. The van der Waals surface area contributed by atoms with Crippen LogP contribution in [0.25, 0.3) is 0 Å². The Kier molecular flexibility index (Phi) is 4.06. The van der Waals surface area contributed by atoms with Gasteiger partial charge in [0, 0.05) is 12.6 Å². The summed E-state index contributed by atoms with van der Waals surface area (Å²) >= 11 is 0. The quantitative estimate of drug-likeness (QED) is 0.719. The predicted octanol–water partition coefficient (Wildman–Crippen LogP) is 1.18. The van der Waals surface area contributed by atoms with Gasteiger partial charge in [-0.2, -0.15) is 0 Å². The lowest BCUT2D eigenvalue weighted by Gasteiger charge is -2.22. The Morgan fingerprint density at radius 2 is 2.23 bits per heavy atom. The van der Waals surface area contributed by atoms with Crippen LogP contribution in [-0.4, -0.2) is 44.0 Å². The smallest absolute Gasteiger partial charge is 0.251 e. The van der Waals surface area contributed by atoms with Crippen molar-refractivity contribution in [1.29, 1.82) is 0 Å². The second kappa shape index (κ2) is 4.86. The summed E-state index contributed by atoms with van der Waals surface area (Å²) in [5.41, 5.74) is 0. The second-order valence-corrected chi connectivity index (χ2v) is 3.90. The lowest BCUT2D eigenvalue weighted by Crippen LogP contribution is -2.34. The number of hydrogen-bond acceptors (Lipinski definition) is 2. The third kappa shape index (κ3) is 3.56. The monoisotopic (exact) mass is 192 g/mol. The van der Waals surface area contributed by atoms with Crippen LogP contribution >= 0.6 is 0 Å². The highest BCUT2D eigenvalue weighted by Gasteiger charge is 2.24. The Labute approximate surface area is 78.3 Å². The molecule has 0 bridgehead atoms. The fourth-order valence-electron chi connectivity index (χ4n) is 1.87. The molecular weight excluding hydrogens is 174 g/mol. The summed E-state index contributed by atoms with van der Waals surface area (Å²) in [6.07, 6.45) is -1.11. The average Bonchev–Trinajstić information content (AvgIpc) is 2.34. The molecule has 1 heterocycles. The minimum Gasteiger partial charge on any atom is -0.314 e. The third-order valence-corrected chi connectivity index (χ3v) is 2.68. The summed E-state index contributed by atoms with van der Waals surface area (Å²) in [6.45, 7) is 3.81. The number of alkyl halides is 2. The van der Waals surface area contributed by atoms with Crippen molar-refractivity contribution in [3.63, 3.8) is 0 Å². The fourth-order valence-corrected chi connectivity index (χ4v) is 1.87. The molecule has 0 saturated carbocycles. The number of nitrogens with one attached hydrogen (secondary N) is 1. The minimum atomic E-state index is -2.21. The number of hydrogen-bond donors (Lipinski definition) is 1. The summed E-state index contributed by atoms with van der Waals surface area (Å²) in [7, 11) is 1.76. The Morgan fingerprint density at radius 3 is 2.69 bits per heavy atom. The molecule has 1 rings (SSSR count). The third-order valence-electron chi connectivity index (χ3n) is 2.68. The van der Waals surface area contributed by atoms with Gasteiger partial charge >= 0.3 is 0 Å². The Balaban J connectivity index is 2.22. The van der Waals surface area contributed by atoms with Crippen LogP contribution in [0.2, 0.25) is 0 Å². The highest BCUT2D eigenvalue weighted by Crippen LogP contribution is 2.16. The van der Waals surface area contributed by atoms with E-state index in [9.17, 15) is 8.78 Å². The molecule has 1 aliphatic rings. The van der Waals surface area contributed by atoms with Gasteiger partial charge in [0.25, 0.3) is 6.43 Å². The zero-order valence-corrected chi connectivity index (χ0v) is 8.26. The van der Waals surface area contributed by atoms with Crippen molar-refractivity contribution in [2.45, 2.75) is 25.8 Å². The molecule has 2 atom stereocenters. The SMILES string of the molecule is CC1NCCC1CN(C)CC(F)F. The summed E-state index contributed by atoms with van der Waals surface area (Å²) < 4.78 is 24.0. The molecule has 0 aromatic heterocycles. The molecule has 0 amide bonds. The van der Waals surface area contributed by atoms with Gasteiger partial charge in [-0.25, -0.2) is 8.78 Å². The topological polar surface area (TPSA) is 15.3 Å². The van der Waals surface area contributed by atoms with Gasteiger partial charge in [0.1, 0.15) is 0 Å². The van der Waals surface area contributed by atoms with Crippen LogP contribution < -0.4 is 5.32 Å². The predicted molar refractivity (Wildman–Crippen MR) is 49.1 cm³/mol. The van der Waals surface area contributed by atoms with E-state index in [0.29, 0.717) is 12.0 Å². The molecule has 4 heteroatoms. The first-order valence-electron chi connectivity index (χ1n) is 4.79. The van der Waals surface area contributed by atoms with Gasteiger partial charge in [0.15, 0.2) is 0 Å². The maximum atomic E-state index is 12.0. The van der Waals surface area contributed by atoms with Gasteiger partial charge in [0.05, 0.1) is 6.54 Å². The van der Waals surface area contributed by atoms with E-state index in [1.165, 1.54) is 0 Å². The van der Waals surface area contributed by atoms with E-state index < -0.39 is 6.43 Å². The van der Waals surface area contributed by atoms with Crippen LogP contribution in [0.4, 0.5) is 8.78 Å². The van der Waals surface area contributed by atoms with E-state index in [0.717, 1.165) is 19.5 Å². The van der Waals surface area contributed by atoms with Crippen LogP contribution in [0.15, 0.2) is 0 Å². The van der Waals surface area contributed by atoms with E-state index in [2.05, 4.69) is 12.2 Å². The Morgan fingerprint density at radius 1 is 1.54 bits per heavy atom. The van der Waals surface area contributed by atoms with Crippen molar-refractivity contribution >= 4 is 0 Å². The maximum absolute atomic E-state index is 12.0. The van der Waals surface area contributed by atoms with Crippen LogP contribution in [0, 0.1) is 5.92 Å². The van der Waals surface area contributed by atoms with E-state index in [4.69, 9.17) is 0 Å². The van der Waals surface area contributed by atoms with E-state index in [1.54, 1.807) is 11.9 Å². The normalized spacial score (nSPS) is 29.1. The van der Waals surface area contributed by atoms with E-state index in [1.807, 2.05) is 0 Å². The molecule has 1 aliphatic heterocycles. The lowest BCUT2D eigenvalue weighted by atomic mass is 10.0. The van der Waals surface area contributed by atoms with Crippen molar-refractivity contribution in [3.8, 4) is 0 Å². The molecule has 2 unspecified atom stereocenters. The van der Waals surface area contributed by atoms with Crippen molar-refractivity contribution in [2.75, 3.05) is 26.7 Å². The van der Waals surface area contributed by atoms with E-state index in [-0.39, 0.29) is 6.54 Å². The van der Waals surface area contributed by atoms with Gasteiger partial charge in [0.2, 0.25) is 0 Å². The number of rotatable bonds is 4. The van der Waals surface area contributed by atoms with Crippen LogP contribution in [0.1, 0.15) is 13.3 Å². The molecule has 0 aromatic rings. The van der Waals surface area contributed by atoms with Crippen LogP contribution in [0.5, 0.6) is 0 Å². The summed E-state index contributed by atoms with van der Waals surface area (Å²) in [5.74, 6) is 0.531. The standard InChI is InChI=1S/C9H18F2N2/c1-7-8(3-4-12-7)5-13(2)6-9(10)11/h7-9,12H,3-6H2,1-2H3. The summed E-state index contributed by atoms with van der Waals surface area (Å²) in [6, 6.07) is 0.472. The molecule has 0 radical (unpaired) electrons. The van der Waals surface area contributed by atoms with Crippen LogP contribution in [-0.2, 0) is 0 Å². The van der Waals surface area contributed by atoms with Gasteiger partial charge < -0.3 is 10.2 Å². The molecule has 0 aromatic carbocycles. The second-order valence-electron chi connectivity index (χ2n) is 3.90. The Bertz CT molecular complexity index is 153. The lowest BCUT2D eigenvalue weighted by molar-refractivity contribution is 0.0924. The van der Waals surface area contributed by atoms with Gasteiger partial charge in [-0.3, -0.25) is 0 Å². The van der Waals surface area contributed by atoms with E-state index >= 15 is 0 Å². The molecule has 0 aliphatic carbocycles. The van der Waals surface area contributed by atoms with Gasteiger partial charge in [-0.15, -0.1) is 0 Å². The summed E-state index contributed by atoms with van der Waals surface area (Å²) in [5, 5.41) is 3.31. The van der Waals surface area contributed by atoms with Crippen molar-refractivity contribution in [2.24, 2.45) is 5.92 Å². The maximum Gasteiger partial charge on any atom is 0.251 e. The van der Waals surface area contributed by atoms with Crippen LogP contribution in [0.3, 0.4) is 0 Å². The highest BCUT2D eigenvalue weighted by molar-refractivity contribution is 4.81. The molecule has 2 nitrogen and oxygen atoms in total. The number of halogens is 2. The van der Waals surface area contributed by atoms with Crippen molar-refractivity contribution < 1.29 is 8.78 Å². The van der Waals surface area contributed by atoms with Crippen molar-refractivity contribution in [3.05, 3.63) is 0 Å². The summed E-state index contributed by atoms with van der Waals surface area (Å²) in [4.78, 5) is 1.72. The van der Waals surface area contributed by atoms with Crippen molar-refractivity contribution in [1.82, 2.24) is 10.2 Å². The van der Waals surface area contributed by atoms with Gasteiger partial charge in [-0.1, -0.05) is 0 Å². The fraction of sp³-hybridized carbons (Fsp3) is 1.00. The molecule has 0 spiro atoms. The molecule has 1 saturated heterocycles. The molecule has 13 heavy (non-hydrogen) atoms. The molecular formula is C9H18F2N2. The minimum absolute atomic E-state index is 0.108. The average molecular weight is 192 g/mol. The zero-order chi connectivity index (χ0) is 9.84. The first-order valence-corrected chi connectivity index (χ1v) is 4.79. The molecule has 78 valence electrons. The molecule has 1 fully saturated rings. The number of nitrogens with zero attached hydrogens (tertiary/aromatic N) is 1. The first-order chi connectivity index (χ1) is 6.09. The highest BCUT2D eigenvalue weighted by atomic mass is 19.3. The zero-order valence-electron chi connectivity index (χ0n) is 8.26. The Hall–Kier alpha value is -0.220. The first kappa shape index (κ1) is 10.9. The van der Waals surface area contributed by atoms with Gasteiger partial charge in [-0.05, 0) is 32.9 Å². The largest absolute Gasteiger partial charge is 0.314 e.